The standard InChI is InChI=1S/C26H21FN2O6S/c1-4-12-35-25(33)23-14(2)28-26(36-23)29-20(15-8-10-17(27)11-9-15)19(22(31)24(29)32)21(30)16-6-5-7-18(13-16)34-3/h4-11,13,20,30H,1,12H2,2-3H3. The number of hydrogen-bond donors (Lipinski definition) is 1. The van der Waals surface area contributed by atoms with Gasteiger partial charge in [-0.1, -0.05) is 48.3 Å². The van der Waals surface area contributed by atoms with Gasteiger partial charge in [-0.15, -0.1) is 0 Å². The Morgan fingerprint density at radius 3 is 2.64 bits per heavy atom. The first-order valence-electron chi connectivity index (χ1n) is 10.7. The summed E-state index contributed by atoms with van der Waals surface area (Å²) in [7, 11) is 1.46. The van der Waals surface area contributed by atoms with Gasteiger partial charge < -0.3 is 14.6 Å². The summed E-state index contributed by atoms with van der Waals surface area (Å²) in [6.45, 7) is 5.07. The number of carbonyl (C=O) groups excluding carboxylic acids is 3. The Hall–Kier alpha value is -4.31. The normalized spacial score (nSPS) is 16.8. The predicted molar refractivity (Wildman–Crippen MR) is 132 cm³/mol. The third-order valence-electron chi connectivity index (χ3n) is 5.48. The first-order chi connectivity index (χ1) is 17.3. The summed E-state index contributed by atoms with van der Waals surface area (Å²) in [5, 5.41) is 11.2. The highest BCUT2D eigenvalue weighted by molar-refractivity contribution is 7.17. The zero-order valence-corrected chi connectivity index (χ0v) is 20.2. The summed E-state index contributed by atoms with van der Waals surface area (Å²) in [6, 6.07) is 10.5. The molecule has 1 aromatic heterocycles. The van der Waals surface area contributed by atoms with Gasteiger partial charge in [0.05, 0.1) is 24.4 Å². The van der Waals surface area contributed by atoms with Gasteiger partial charge in [0.2, 0.25) is 0 Å². The van der Waals surface area contributed by atoms with Crippen molar-refractivity contribution in [3.8, 4) is 5.75 Å². The molecule has 10 heteroatoms. The zero-order chi connectivity index (χ0) is 26.0. The van der Waals surface area contributed by atoms with Crippen LogP contribution in [0.1, 0.15) is 32.5 Å². The topological polar surface area (TPSA) is 106 Å². The van der Waals surface area contributed by atoms with E-state index in [1.165, 1.54) is 43.5 Å². The number of rotatable bonds is 7. The molecule has 1 amide bonds. The molecule has 1 atom stereocenters. The first-order valence-corrected chi connectivity index (χ1v) is 11.5. The molecule has 8 nitrogen and oxygen atoms in total. The number of aromatic nitrogens is 1. The molecule has 0 radical (unpaired) electrons. The minimum Gasteiger partial charge on any atom is -0.507 e. The van der Waals surface area contributed by atoms with E-state index in [1.54, 1.807) is 25.1 Å². The van der Waals surface area contributed by atoms with Crippen LogP contribution in [0.4, 0.5) is 9.52 Å². The lowest BCUT2D eigenvalue weighted by Crippen LogP contribution is -2.29. The number of ketones is 1. The summed E-state index contributed by atoms with van der Waals surface area (Å²) >= 11 is 0.873. The quantitative estimate of drug-likeness (QED) is 0.164. The van der Waals surface area contributed by atoms with Crippen LogP contribution in [0.3, 0.4) is 0 Å². The van der Waals surface area contributed by atoms with E-state index in [1.807, 2.05) is 0 Å². The lowest BCUT2D eigenvalue weighted by molar-refractivity contribution is -0.132. The molecule has 4 rings (SSSR count). The number of thiazole rings is 1. The van der Waals surface area contributed by atoms with Crippen molar-refractivity contribution in [1.82, 2.24) is 4.98 Å². The smallest absolute Gasteiger partial charge is 0.350 e. The van der Waals surface area contributed by atoms with Crippen LogP contribution in [0, 0.1) is 12.7 Å². The molecule has 3 aromatic rings. The van der Waals surface area contributed by atoms with Crippen LogP contribution in [-0.2, 0) is 14.3 Å². The second-order valence-electron chi connectivity index (χ2n) is 7.75. The molecule has 1 aliphatic heterocycles. The monoisotopic (exact) mass is 508 g/mol. The Bertz CT molecular complexity index is 1400. The SMILES string of the molecule is C=CCOC(=O)c1sc(N2C(=O)C(=O)C(=C(O)c3cccc(OC)c3)C2c2ccc(F)cc2)nc1C. The zero-order valence-electron chi connectivity index (χ0n) is 19.4. The summed E-state index contributed by atoms with van der Waals surface area (Å²) in [4.78, 5) is 44.5. The van der Waals surface area contributed by atoms with Gasteiger partial charge in [-0.25, -0.2) is 14.2 Å². The summed E-state index contributed by atoms with van der Waals surface area (Å²) < 4.78 is 24.0. The molecule has 0 bridgehead atoms. The third kappa shape index (κ3) is 4.50. The van der Waals surface area contributed by atoms with Crippen LogP contribution in [0.5, 0.6) is 5.75 Å². The van der Waals surface area contributed by atoms with Crippen LogP contribution in [0.2, 0.25) is 0 Å². The Morgan fingerprint density at radius 1 is 1.25 bits per heavy atom. The maximum absolute atomic E-state index is 13.7. The minimum atomic E-state index is -1.13. The maximum Gasteiger partial charge on any atom is 0.350 e. The molecular formula is C26H21FN2O6S. The van der Waals surface area contributed by atoms with Crippen molar-refractivity contribution in [2.24, 2.45) is 0 Å². The van der Waals surface area contributed by atoms with E-state index < -0.39 is 35.3 Å². The average Bonchev–Trinajstić information content (AvgIpc) is 3.39. The predicted octanol–water partition coefficient (Wildman–Crippen LogP) is 4.57. The van der Waals surface area contributed by atoms with Gasteiger partial charge in [0.1, 0.15) is 28.8 Å². The minimum absolute atomic E-state index is 0.00780. The fraction of sp³-hybridized carbons (Fsp3) is 0.154. The second kappa shape index (κ2) is 10.1. The number of carbonyl (C=O) groups is 3. The molecule has 0 spiro atoms. The number of methoxy groups -OCH3 is 1. The summed E-state index contributed by atoms with van der Waals surface area (Å²) in [5.41, 5.74) is 0.715. The number of hydrogen-bond acceptors (Lipinski definition) is 8. The number of aliphatic hydroxyl groups excluding tert-OH is 1. The van der Waals surface area contributed by atoms with Gasteiger partial charge >= 0.3 is 11.9 Å². The van der Waals surface area contributed by atoms with E-state index >= 15 is 0 Å². The van der Waals surface area contributed by atoms with E-state index in [0.29, 0.717) is 17.0 Å². The van der Waals surface area contributed by atoms with Crippen LogP contribution >= 0.6 is 11.3 Å². The van der Waals surface area contributed by atoms with Crippen molar-refractivity contribution in [2.45, 2.75) is 13.0 Å². The molecule has 1 saturated heterocycles. The number of ether oxygens (including phenoxy) is 2. The molecule has 36 heavy (non-hydrogen) atoms. The number of benzene rings is 2. The van der Waals surface area contributed by atoms with Crippen molar-refractivity contribution in [1.29, 1.82) is 0 Å². The number of amides is 1. The molecular weight excluding hydrogens is 487 g/mol. The molecule has 0 aliphatic carbocycles. The summed E-state index contributed by atoms with van der Waals surface area (Å²) in [6.07, 6.45) is 1.42. The van der Waals surface area contributed by atoms with Gasteiger partial charge in [0, 0.05) is 5.56 Å². The number of nitrogens with zero attached hydrogens (tertiary/aromatic N) is 2. The highest BCUT2D eigenvalue weighted by Gasteiger charge is 2.48. The fourth-order valence-corrected chi connectivity index (χ4v) is 4.78. The Balaban J connectivity index is 1.88. The number of aliphatic hydroxyl groups is 1. The molecule has 1 aliphatic rings. The highest BCUT2D eigenvalue weighted by atomic mass is 32.1. The third-order valence-corrected chi connectivity index (χ3v) is 6.62. The largest absolute Gasteiger partial charge is 0.507 e. The van der Waals surface area contributed by atoms with Crippen molar-refractivity contribution in [3.05, 3.63) is 94.3 Å². The fourth-order valence-electron chi connectivity index (χ4n) is 3.79. The van der Waals surface area contributed by atoms with Gasteiger partial charge in [-0.3, -0.25) is 14.5 Å². The molecule has 2 aromatic carbocycles. The van der Waals surface area contributed by atoms with Crippen molar-refractivity contribution in [2.75, 3.05) is 18.6 Å². The van der Waals surface area contributed by atoms with Gasteiger partial charge in [0.25, 0.3) is 5.78 Å². The van der Waals surface area contributed by atoms with Crippen molar-refractivity contribution >= 4 is 39.9 Å². The van der Waals surface area contributed by atoms with Crippen LogP contribution < -0.4 is 9.64 Å². The Labute approximate surface area is 209 Å². The van der Waals surface area contributed by atoms with E-state index in [9.17, 15) is 23.9 Å². The first kappa shape index (κ1) is 24.8. The molecule has 184 valence electrons. The lowest BCUT2D eigenvalue weighted by atomic mass is 9.95. The Kier molecular flexibility index (Phi) is 6.98. The molecule has 2 heterocycles. The van der Waals surface area contributed by atoms with Gasteiger partial charge in [0.15, 0.2) is 5.13 Å². The molecule has 1 N–H and O–H groups in total. The van der Waals surface area contributed by atoms with E-state index in [0.717, 1.165) is 16.2 Å². The number of Topliss-reactive ketones (excluding diaryl/α,β-unsaturated/α-hetero) is 1. The number of halogens is 1. The maximum atomic E-state index is 13.7. The second-order valence-corrected chi connectivity index (χ2v) is 8.73. The van der Waals surface area contributed by atoms with Crippen LogP contribution in [-0.4, -0.2) is 41.5 Å². The van der Waals surface area contributed by atoms with E-state index in [4.69, 9.17) is 9.47 Å². The van der Waals surface area contributed by atoms with Gasteiger partial charge in [-0.05, 0) is 36.8 Å². The van der Waals surface area contributed by atoms with Crippen LogP contribution in [0.15, 0.2) is 66.8 Å². The molecule has 1 fully saturated rings. The average molecular weight is 509 g/mol. The van der Waals surface area contributed by atoms with Gasteiger partial charge in [-0.2, -0.15) is 0 Å². The van der Waals surface area contributed by atoms with E-state index in [2.05, 4.69) is 11.6 Å². The highest BCUT2D eigenvalue weighted by Crippen LogP contribution is 2.44. The van der Waals surface area contributed by atoms with Crippen molar-refractivity contribution < 1.29 is 33.4 Å². The number of anilines is 1. The number of aryl methyl sites for hydroxylation is 1. The van der Waals surface area contributed by atoms with Crippen LogP contribution in [0.25, 0.3) is 5.76 Å². The van der Waals surface area contributed by atoms with Crippen molar-refractivity contribution in [3.63, 3.8) is 0 Å². The van der Waals surface area contributed by atoms with E-state index in [-0.39, 0.29) is 27.8 Å². The molecule has 1 unspecified atom stereocenters. The summed E-state index contributed by atoms with van der Waals surface area (Å²) in [5.74, 6) is -3.06. The lowest BCUT2D eigenvalue weighted by Gasteiger charge is -2.23. The number of esters is 1. The Morgan fingerprint density at radius 2 is 1.97 bits per heavy atom. The molecule has 0 saturated carbocycles.